The highest BCUT2D eigenvalue weighted by Crippen LogP contribution is 1.55. The molecule has 0 aromatic rings. The van der Waals surface area contributed by atoms with E-state index in [4.69, 9.17) is 0 Å². The minimum Gasteiger partial charge on any atom is -0.374 e. The van der Waals surface area contributed by atoms with E-state index in [9.17, 15) is 0 Å². The quantitative estimate of drug-likeness (QED) is 0.319. The fraction of sp³-hybridized carbons (Fsp3) is 0. The number of hydrogen-bond acceptors (Lipinski definition) is 1. The second-order valence-corrected chi connectivity index (χ2v) is 16.3. The summed E-state index contributed by atoms with van der Waals surface area (Å²) in [6.07, 6.45) is 0. The van der Waals surface area contributed by atoms with Crippen LogP contribution in [-0.4, -0.2) is 27.0 Å². The van der Waals surface area contributed by atoms with E-state index in [1.165, 1.54) is 0 Å². The standard InChI is InChI=1S/H7NSi3/c1-2-4-3-1/h1H,2-4H2. The number of nitrogens with one attached hydrogen (secondary N) is 1. The Hall–Kier alpha value is 0.611. The maximum Gasteiger partial charge on any atom is 0.0667 e. The Bertz CT molecular complexity index is 11.2. The van der Waals surface area contributed by atoms with Crippen LogP contribution in [0.15, 0.2) is 0 Å². The third-order valence-electron chi connectivity index (χ3n) is 0.707. The monoisotopic (exact) mass is 105 g/mol. The van der Waals surface area contributed by atoms with Crippen LogP contribution >= 0.6 is 0 Å². The zero-order valence-electron chi connectivity index (χ0n) is 2.62. The van der Waals surface area contributed by atoms with E-state index >= 15 is 0 Å². The van der Waals surface area contributed by atoms with E-state index < -0.39 is 0 Å². The van der Waals surface area contributed by atoms with Gasteiger partial charge in [-0.25, -0.2) is 0 Å². The van der Waals surface area contributed by atoms with E-state index in [1.54, 1.807) is 0 Å². The Morgan fingerprint density at radius 2 is 1.50 bits per heavy atom. The molecule has 0 spiro atoms. The van der Waals surface area contributed by atoms with Gasteiger partial charge in [0.25, 0.3) is 0 Å². The Morgan fingerprint density at radius 3 is 1.50 bits per heavy atom. The summed E-state index contributed by atoms with van der Waals surface area (Å²) >= 11 is 0. The van der Waals surface area contributed by atoms with Crippen molar-refractivity contribution in [2.45, 2.75) is 0 Å². The maximum absolute atomic E-state index is 3.45. The van der Waals surface area contributed by atoms with Crippen LogP contribution in [0.1, 0.15) is 0 Å². The molecule has 4 heavy (non-hydrogen) atoms. The molecule has 1 aliphatic rings. The first-order valence-corrected chi connectivity index (χ1v) is 11.1. The Labute approximate surface area is 32.4 Å². The van der Waals surface area contributed by atoms with Crippen molar-refractivity contribution in [1.82, 2.24) is 4.65 Å². The average Bonchev–Trinajstić information content (AvgIpc) is 0.722. The minimum atomic E-state index is 0.556. The fourth-order valence-corrected chi connectivity index (χ4v) is 4.77. The molecule has 0 aromatic carbocycles. The third-order valence-corrected chi connectivity index (χ3v) is 19.1. The Kier molecular flexibility index (Phi) is 0.818. The van der Waals surface area contributed by atoms with Crippen molar-refractivity contribution >= 4 is 27.0 Å². The van der Waals surface area contributed by atoms with Gasteiger partial charge in [-0.3, -0.25) is 0 Å². The van der Waals surface area contributed by atoms with Crippen molar-refractivity contribution in [2.24, 2.45) is 0 Å². The number of rotatable bonds is 0. The van der Waals surface area contributed by atoms with Crippen LogP contribution in [0.5, 0.6) is 0 Å². The highest BCUT2D eigenvalue weighted by Gasteiger charge is 1.96. The first kappa shape index (κ1) is 2.83. The lowest BCUT2D eigenvalue weighted by molar-refractivity contribution is 1.62. The van der Waals surface area contributed by atoms with Crippen LogP contribution in [0.3, 0.4) is 0 Å². The van der Waals surface area contributed by atoms with Gasteiger partial charge in [-0.05, 0) is 0 Å². The molecule has 0 amide bonds. The molecular weight excluding hydrogens is 98.3 g/mol. The molecule has 4 heteroatoms. The molecule has 1 saturated heterocycles. The average molecular weight is 105 g/mol. The van der Waals surface area contributed by atoms with E-state index in [-0.39, 0.29) is 0 Å². The minimum absolute atomic E-state index is 0.556. The van der Waals surface area contributed by atoms with Crippen LogP contribution in [0, 0.1) is 0 Å². The van der Waals surface area contributed by atoms with Crippen LogP contribution in [0.4, 0.5) is 0 Å². The molecule has 0 bridgehead atoms. The van der Waals surface area contributed by atoms with Gasteiger partial charge in [-0.2, -0.15) is 0 Å². The highest BCUT2D eigenvalue weighted by atomic mass is 29.6. The lowest BCUT2D eigenvalue weighted by atomic mass is 13.9. The lowest BCUT2D eigenvalue weighted by Gasteiger charge is -2.07. The summed E-state index contributed by atoms with van der Waals surface area (Å²) in [7, 11) is 1.88. The highest BCUT2D eigenvalue weighted by molar-refractivity contribution is 7.37. The largest absolute Gasteiger partial charge is 0.374 e. The molecular formula is H7NSi3. The van der Waals surface area contributed by atoms with Crippen LogP contribution in [0.2, 0.25) is 0 Å². The molecule has 0 saturated carbocycles. The van der Waals surface area contributed by atoms with E-state index in [0.717, 1.165) is 8.55 Å². The topological polar surface area (TPSA) is 12.0 Å². The van der Waals surface area contributed by atoms with Gasteiger partial charge >= 0.3 is 0 Å². The van der Waals surface area contributed by atoms with Crippen molar-refractivity contribution in [3.63, 3.8) is 0 Å². The first-order valence-electron chi connectivity index (χ1n) is 1.71. The van der Waals surface area contributed by atoms with Gasteiger partial charge in [-0.15, -0.1) is 0 Å². The summed E-state index contributed by atoms with van der Waals surface area (Å²) in [5, 5.41) is 0. The molecule has 0 aromatic heterocycles. The molecule has 0 unspecified atom stereocenters. The van der Waals surface area contributed by atoms with Crippen molar-refractivity contribution < 1.29 is 0 Å². The second kappa shape index (κ2) is 1.16. The van der Waals surface area contributed by atoms with Gasteiger partial charge in [0.05, 0.1) is 18.4 Å². The SMILES string of the molecule is N1[SiH2][SiH2][SiH2]1. The van der Waals surface area contributed by atoms with Crippen molar-refractivity contribution in [2.75, 3.05) is 0 Å². The predicted octanol–water partition coefficient (Wildman–Crippen LogP) is -3.24. The molecule has 1 nitrogen and oxygen atoms in total. The molecule has 1 aliphatic heterocycles. The number of hydrogen-bond donors (Lipinski definition) is 1. The predicted molar refractivity (Wildman–Crippen MR) is 28.8 cm³/mol. The zero-order chi connectivity index (χ0) is 2.83. The van der Waals surface area contributed by atoms with Gasteiger partial charge in [0, 0.05) is 8.55 Å². The summed E-state index contributed by atoms with van der Waals surface area (Å²) in [5.41, 5.74) is 0. The molecule has 1 fully saturated rings. The summed E-state index contributed by atoms with van der Waals surface area (Å²) in [6, 6.07) is 0. The van der Waals surface area contributed by atoms with Crippen LogP contribution in [-0.2, 0) is 0 Å². The maximum atomic E-state index is 3.45. The van der Waals surface area contributed by atoms with Crippen molar-refractivity contribution in [1.29, 1.82) is 0 Å². The van der Waals surface area contributed by atoms with Crippen molar-refractivity contribution in [3.8, 4) is 0 Å². The first-order chi connectivity index (χ1) is 2.00. The van der Waals surface area contributed by atoms with Crippen LogP contribution in [0.25, 0.3) is 0 Å². The fourth-order valence-electron chi connectivity index (χ4n) is 0.177. The zero-order valence-corrected chi connectivity index (χ0v) is 6.86. The normalized spacial score (nSPS) is 42.0. The van der Waals surface area contributed by atoms with Gasteiger partial charge in [0.15, 0.2) is 0 Å². The Morgan fingerprint density at radius 1 is 1.25 bits per heavy atom. The summed E-state index contributed by atoms with van der Waals surface area (Å²) < 4.78 is 3.45. The molecule has 1 N–H and O–H groups in total. The summed E-state index contributed by atoms with van der Waals surface area (Å²) in [6.45, 7) is 0. The van der Waals surface area contributed by atoms with E-state index in [1.807, 2.05) is 0 Å². The molecule has 1 heterocycles. The smallest absolute Gasteiger partial charge is 0.0667 e. The second-order valence-electron chi connectivity index (χ2n) is 1.10. The molecule has 24 valence electrons. The molecule has 0 atom stereocenters. The van der Waals surface area contributed by atoms with Gasteiger partial charge in [0.2, 0.25) is 0 Å². The van der Waals surface area contributed by atoms with Gasteiger partial charge < -0.3 is 4.65 Å². The Balaban J connectivity index is 2.00. The molecule has 0 aliphatic carbocycles. The third kappa shape index (κ3) is 0.319. The van der Waals surface area contributed by atoms with E-state index in [2.05, 4.69) is 4.65 Å². The van der Waals surface area contributed by atoms with Crippen molar-refractivity contribution in [3.05, 3.63) is 0 Å². The van der Waals surface area contributed by atoms with E-state index in [0.29, 0.717) is 18.4 Å². The molecule has 1 rings (SSSR count). The van der Waals surface area contributed by atoms with Crippen LogP contribution < -0.4 is 4.65 Å². The van der Waals surface area contributed by atoms with Gasteiger partial charge in [-0.1, -0.05) is 0 Å². The molecule has 0 radical (unpaired) electrons. The van der Waals surface area contributed by atoms with Gasteiger partial charge in [0.1, 0.15) is 0 Å². The lowest BCUT2D eigenvalue weighted by Crippen LogP contribution is -2.47. The summed E-state index contributed by atoms with van der Waals surface area (Å²) in [5.74, 6) is 0. The summed E-state index contributed by atoms with van der Waals surface area (Å²) in [4.78, 5) is 0.